The van der Waals surface area contributed by atoms with Gasteiger partial charge < -0.3 is 10.6 Å². The summed E-state index contributed by atoms with van der Waals surface area (Å²) in [6, 6.07) is 17.0. The molecule has 0 saturated heterocycles. The average Bonchev–Trinajstić information content (AvgIpc) is 2.53. The highest BCUT2D eigenvalue weighted by atomic mass is 32.2. The van der Waals surface area contributed by atoms with Gasteiger partial charge in [-0.05, 0) is 44.0 Å². The van der Waals surface area contributed by atoms with Crippen LogP contribution in [0, 0.1) is 0 Å². The third-order valence-corrected chi connectivity index (χ3v) is 5.42. The fourth-order valence-corrected chi connectivity index (χ4v) is 2.98. The van der Waals surface area contributed by atoms with Crippen LogP contribution >= 0.6 is 0 Å². The molecular weight excluding hydrogens is 320 g/mol. The molecule has 0 bridgehead atoms. The van der Waals surface area contributed by atoms with Crippen molar-refractivity contribution in [1.82, 2.24) is 5.32 Å². The van der Waals surface area contributed by atoms with E-state index < -0.39 is 10.8 Å². The average molecular weight is 344 g/mol. The van der Waals surface area contributed by atoms with Gasteiger partial charge >= 0.3 is 6.03 Å². The Balaban J connectivity index is 1.91. The molecule has 2 aromatic carbocycles. The van der Waals surface area contributed by atoms with Crippen LogP contribution in [0.1, 0.15) is 31.9 Å². The summed E-state index contributed by atoms with van der Waals surface area (Å²) in [7, 11) is -0.966. The van der Waals surface area contributed by atoms with Crippen LogP contribution in [0.3, 0.4) is 0 Å². The lowest BCUT2D eigenvalue weighted by Gasteiger charge is -2.18. The maximum Gasteiger partial charge on any atom is 0.319 e. The largest absolute Gasteiger partial charge is 0.334 e. The molecule has 2 rings (SSSR count). The van der Waals surface area contributed by atoms with Gasteiger partial charge in [-0.3, -0.25) is 4.21 Å². The summed E-state index contributed by atoms with van der Waals surface area (Å²) in [5.41, 5.74) is 2.69. The zero-order chi connectivity index (χ0) is 17.6. The molecule has 0 radical (unpaired) electrons. The van der Waals surface area contributed by atoms with E-state index in [9.17, 15) is 9.00 Å². The van der Waals surface area contributed by atoms with Gasteiger partial charge in [-0.1, -0.05) is 42.5 Å². The third-order valence-electron chi connectivity index (χ3n) is 3.46. The first-order valence-corrected chi connectivity index (χ1v) is 9.23. The molecule has 0 spiro atoms. The van der Waals surface area contributed by atoms with E-state index in [2.05, 4.69) is 10.6 Å². The number of hydrogen-bond acceptors (Lipinski definition) is 2. The lowest BCUT2D eigenvalue weighted by Crippen LogP contribution is -2.28. The Kier molecular flexibility index (Phi) is 6.15. The van der Waals surface area contributed by atoms with Gasteiger partial charge in [0.25, 0.3) is 0 Å². The molecule has 2 aromatic rings. The van der Waals surface area contributed by atoms with Gasteiger partial charge in [0.15, 0.2) is 0 Å². The summed E-state index contributed by atoms with van der Waals surface area (Å²) < 4.78 is 12.0. The summed E-state index contributed by atoms with van der Waals surface area (Å²) in [6.07, 6.45) is 0. The van der Waals surface area contributed by atoms with Crippen molar-refractivity contribution in [2.75, 3.05) is 5.32 Å². The second-order valence-corrected chi connectivity index (χ2v) is 8.80. The van der Waals surface area contributed by atoms with Crippen LogP contribution < -0.4 is 10.6 Å². The van der Waals surface area contributed by atoms with Crippen LogP contribution in [0.5, 0.6) is 0 Å². The summed E-state index contributed by atoms with van der Waals surface area (Å²) in [5, 5.41) is 5.64. The summed E-state index contributed by atoms with van der Waals surface area (Å²) >= 11 is 0. The number of anilines is 1. The Morgan fingerprint density at radius 3 is 2.33 bits per heavy atom. The van der Waals surface area contributed by atoms with Crippen molar-refractivity contribution < 1.29 is 9.00 Å². The van der Waals surface area contributed by atoms with Crippen LogP contribution in [0.25, 0.3) is 0 Å². The van der Waals surface area contributed by atoms with Gasteiger partial charge in [-0.2, -0.15) is 0 Å². The Labute approximate surface area is 146 Å². The molecule has 0 aliphatic heterocycles. The van der Waals surface area contributed by atoms with Gasteiger partial charge in [-0.15, -0.1) is 0 Å². The number of urea groups is 1. The first-order chi connectivity index (χ1) is 11.3. The molecule has 0 fully saturated rings. The monoisotopic (exact) mass is 344 g/mol. The fraction of sp³-hybridized carbons (Fsp3) is 0.316. The number of amides is 2. The van der Waals surface area contributed by atoms with Crippen LogP contribution in [0.15, 0.2) is 54.6 Å². The van der Waals surface area contributed by atoms with Crippen molar-refractivity contribution in [3.63, 3.8) is 0 Å². The molecule has 2 N–H and O–H groups in total. The number of carbonyl (C=O) groups excluding carboxylic acids is 1. The molecule has 0 unspecified atom stereocenters. The predicted octanol–water partition coefficient (Wildman–Crippen LogP) is 4.06. The van der Waals surface area contributed by atoms with E-state index in [0.717, 1.165) is 11.1 Å². The normalized spacial score (nSPS) is 12.5. The van der Waals surface area contributed by atoms with Crippen molar-refractivity contribution >= 4 is 22.5 Å². The predicted molar refractivity (Wildman–Crippen MR) is 100 cm³/mol. The lowest BCUT2D eigenvalue weighted by atomic mass is 10.2. The van der Waals surface area contributed by atoms with E-state index in [1.165, 1.54) is 0 Å². The Morgan fingerprint density at radius 1 is 1.00 bits per heavy atom. The fourth-order valence-electron chi connectivity index (χ4n) is 2.06. The quantitative estimate of drug-likeness (QED) is 0.859. The maximum absolute atomic E-state index is 12.2. The first-order valence-electron chi connectivity index (χ1n) is 7.91. The second-order valence-electron chi connectivity index (χ2n) is 6.60. The van der Waals surface area contributed by atoms with E-state index >= 15 is 0 Å². The van der Waals surface area contributed by atoms with Crippen molar-refractivity contribution in [2.24, 2.45) is 0 Å². The first kappa shape index (κ1) is 18.2. The zero-order valence-electron chi connectivity index (χ0n) is 14.3. The number of carbonyl (C=O) groups is 1. The van der Waals surface area contributed by atoms with Crippen molar-refractivity contribution in [1.29, 1.82) is 0 Å². The number of nitrogens with one attached hydrogen (secondary N) is 2. The van der Waals surface area contributed by atoms with Crippen molar-refractivity contribution in [2.45, 2.75) is 37.8 Å². The molecule has 0 heterocycles. The maximum atomic E-state index is 12.2. The minimum Gasteiger partial charge on any atom is -0.334 e. The summed E-state index contributed by atoms with van der Waals surface area (Å²) in [6.45, 7) is 6.35. The second kappa shape index (κ2) is 8.11. The highest BCUT2D eigenvalue weighted by Crippen LogP contribution is 2.18. The Bertz CT molecular complexity index is 709. The molecule has 0 aliphatic carbocycles. The molecule has 0 saturated carbocycles. The smallest absolute Gasteiger partial charge is 0.319 e. The standard InChI is InChI=1S/C19H24N2O2S/c1-19(2,3)24(23)14-16-10-7-11-17(12-16)21-18(22)20-13-15-8-5-4-6-9-15/h4-12H,13-14H2,1-3H3,(H2,20,21,22)/t24-/m1/s1. The van der Waals surface area contributed by atoms with E-state index in [-0.39, 0.29) is 10.8 Å². The summed E-state index contributed by atoms with van der Waals surface area (Å²) in [4.78, 5) is 12.0. The van der Waals surface area contributed by atoms with Crippen LogP contribution in [-0.4, -0.2) is 15.0 Å². The van der Waals surface area contributed by atoms with Gasteiger partial charge in [0.2, 0.25) is 0 Å². The van der Waals surface area contributed by atoms with Crippen LogP contribution in [0.4, 0.5) is 10.5 Å². The zero-order valence-corrected chi connectivity index (χ0v) is 15.2. The van der Waals surface area contributed by atoms with Crippen molar-refractivity contribution in [3.05, 3.63) is 65.7 Å². The van der Waals surface area contributed by atoms with Crippen LogP contribution in [-0.2, 0) is 23.1 Å². The highest BCUT2D eigenvalue weighted by molar-refractivity contribution is 7.85. The van der Waals surface area contributed by atoms with E-state index in [1.54, 1.807) is 0 Å². The van der Waals surface area contributed by atoms with Crippen molar-refractivity contribution in [3.8, 4) is 0 Å². The molecule has 2 amide bonds. The molecule has 0 aliphatic rings. The van der Waals surface area contributed by atoms with Gasteiger partial charge in [0.05, 0.1) is 0 Å². The van der Waals surface area contributed by atoms with Crippen LogP contribution in [0.2, 0.25) is 0 Å². The van der Waals surface area contributed by atoms with E-state index in [4.69, 9.17) is 0 Å². The molecule has 128 valence electrons. The summed E-state index contributed by atoms with van der Waals surface area (Å²) in [5.74, 6) is 0.477. The minimum atomic E-state index is -0.966. The number of benzene rings is 2. The SMILES string of the molecule is CC(C)(C)[S@](=O)Cc1cccc(NC(=O)NCc2ccccc2)c1. The Hall–Kier alpha value is -2.14. The third kappa shape index (κ3) is 5.81. The van der Waals surface area contributed by atoms with E-state index in [0.29, 0.717) is 18.0 Å². The molecule has 24 heavy (non-hydrogen) atoms. The van der Waals surface area contributed by atoms with Gasteiger partial charge in [0, 0.05) is 33.5 Å². The molecule has 1 atom stereocenters. The Morgan fingerprint density at radius 2 is 1.67 bits per heavy atom. The van der Waals surface area contributed by atoms with E-state index in [1.807, 2.05) is 75.4 Å². The molecule has 0 aromatic heterocycles. The van der Waals surface area contributed by atoms with Gasteiger partial charge in [-0.25, -0.2) is 4.79 Å². The lowest BCUT2D eigenvalue weighted by molar-refractivity contribution is 0.251. The topological polar surface area (TPSA) is 58.2 Å². The number of rotatable bonds is 5. The molecule has 4 nitrogen and oxygen atoms in total. The molecule has 5 heteroatoms. The molecular formula is C19H24N2O2S. The van der Waals surface area contributed by atoms with Gasteiger partial charge in [0.1, 0.15) is 0 Å². The minimum absolute atomic E-state index is 0.253. The highest BCUT2D eigenvalue weighted by Gasteiger charge is 2.19. The number of hydrogen-bond donors (Lipinski definition) is 2.